The van der Waals surface area contributed by atoms with Crippen LogP contribution in [0.5, 0.6) is 0 Å². The lowest BCUT2D eigenvalue weighted by Gasteiger charge is -2.05. The van der Waals surface area contributed by atoms with Crippen molar-refractivity contribution in [2.75, 3.05) is 0 Å². The lowest BCUT2D eigenvalue weighted by molar-refractivity contribution is -0.131. The number of hydrogen-bond acceptors (Lipinski definition) is 2. The van der Waals surface area contributed by atoms with Gasteiger partial charge in [-0.25, -0.2) is 9.48 Å². The maximum Gasteiger partial charge on any atom is 0.328 e. The lowest BCUT2D eigenvalue weighted by atomic mass is 10.2. The molecule has 0 spiro atoms. The molecule has 0 aliphatic rings. The zero-order valence-electron chi connectivity index (χ0n) is 11.2. The summed E-state index contributed by atoms with van der Waals surface area (Å²) >= 11 is 0. The van der Waals surface area contributed by atoms with Gasteiger partial charge in [0.2, 0.25) is 0 Å². The van der Waals surface area contributed by atoms with Crippen LogP contribution in [-0.2, 0) is 4.79 Å². The van der Waals surface area contributed by atoms with Gasteiger partial charge >= 0.3 is 5.97 Å². The van der Waals surface area contributed by atoms with E-state index in [9.17, 15) is 4.79 Å². The maximum atomic E-state index is 10.4. The van der Waals surface area contributed by atoms with Crippen LogP contribution in [-0.4, -0.2) is 20.9 Å². The van der Waals surface area contributed by atoms with Crippen molar-refractivity contribution in [1.82, 2.24) is 9.78 Å². The molecule has 0 aliphatic heterocycles. The molecular formula is C15H16N2O2. The summed E-state index contributed by atoms with van der Waals surface area (Å²) in [5.74, 6) is -0.946. The highest BCUT2D eigenvalue weighted by atomic mass is 16.4. The van der Waals surface area contributed by atoms with Crippen LogP contribution in [0.4, 0.5) is 0 Å². The van der Waals surface area contributed by atoms with Gasteiger partial charge in [-0.3, -0.25) is 0 Å². The number of carboxylic acids is 1. The topological polar surface area (TPSA) is 55.1 Å². The highest BCUT2D eigenvalue weighted by Gasteiger charge is 2.08. The smallest absolute Gasteiger partial charge is 0.328 e. The molecule has 0 aliphatic carbocycles. The quantitative estimate of drug-likeness (QED) is 0.859. The van der Waals surface area contributed by atoms with Crippen LogP contribution in [0.15, 0.2) is 30.3 Å². The summed E-state index contributed by atoms with van der Waals surface area (Å²) in [6.45, 7) is 6.08. The zero-order valence-corrected chi connectivity index (χ0v) is 11.2. The second-order valence-corrected chi connectivity index (χ2v) is 4.47. The molecule has 19 heavy (non-hydrogen) atoms. The molecule has 98 valence electrons. The van der Waals surface area contributed by atoms with E-state index in [-0.39, 0.29) is 0 Å². The number of aromatic nitrogens is 2. The molecule has 1 heterocycles. The molecule has 1 aromatic heterocycles. The number of aryl methyl sites for hydroxylation is 1. The van der Waals surface area contributed by atoms with Gasteiger partial charge < -0.3 is 5.11 Å². The molecule has 0 fully saturated rings. The van der Waals surface area contributed by atoms with Crippen LogP contribution in [0.1, 0.15) is 22.5 Å². The van der Waals surface area contributed by atoms with E-state index in [0.717, 1.165) is 28.7 Å². The van der Waals surface area contributed by atoms with Gasteiger partial charge in [0.05, 0.1) is 11.4 Å². The molecule has 0 amide bonds. The summed E-state index contributed by atoms with van der Waals surface area (Å²) < 4.78 is 1.90. The molecule has 2 aromatic rings. The average molecular weight is 256 g/mol. The number of carboxylic acid groups (broad SMARTS) is 1. The summed E-state index contributed by atoms with van der Waals surface area (Å²) in [5, 5.41) is 13.1. The van der Waals surface area contributed by atoms with Crippen molar-refractivity contribution >= 4 is 12.0 Å². The molecule has 1 aromatic carbocycles. The summed E-state index contributed by atoms with van der Waals surface area (Å²) in [6, 6.07) is 7.61. The second-order valence-electron chi connectivity index (χ2n) is 4.47. The SMILES string of the molecule is Cc1nn(-c2ccc(/C=C/C(=O)O)cc2)c(C)c1C. The molecule has 0 saturated heterocycles. The fourth-order valence-corrected chi connectivity index (χ4v) is 1.87. The van der Waals surface area contributed by atoms with Crippen molar-refractivity contribution in [3.63, 3.8) is 0 Å². The molecule has 0 atom stereocenters. The largest absolute Gasteiger partial charge is 0.478 e. The van der Waals surface area contributed by atoms with Gasteiger partial charge in [-0.05, 0) is 50.1 Å². The number of carbonyl (C=O) groups is 1. The molecule has 0 bridgehead atoms. The fourth-order valence-electron chi connectivity index (χ4n) is 1.87. The van der Waals surface area contributed by atoms with Crippen LogP contribution >= 0.6 is 0 Å². The van der Waals surface area contributed by atoms with Crippen molar-refractivity contribution in [1.29, 1.82) is 0 Å². The summed E-state index contributed by atoms with van der Waals surface area (Å²) in [7, 11) is 0. The van der Waals surface area contributed by atoms with Gasteiger partial charge in [-0.2, -0.15) is 5.10 Å². The van der Waals surface area contributed by atoms with Crippen molar-refractivity contribution in [3.05, 3.63) is 52.9 Å². The monoisotopic (exact) mass is 256 g/mol. The van der Waals surface area contributed by atoms with Crippen LogP contribution in [0.2, 0.25) is 0 Å². The molecule has 4 heteroatoms. The van der Waals surface area contributed by atoms with Crippen LogP contribution in [0, 0.1) is 20.8 Å². The van der Waals surface area contributed by atoms with Gasteiger partial charge in [0.1, 0.15) is 0 Å². The van der Waals surface area contributed by atoms with Crippen molar-refractivity contribution in [3.8, 4) is 5.69 Å². The number of rotatable bonds is 3. The van der Waals surface area contributed by atoms with Crippen molar-refractivity contribution in [2.45, 2.75) is 20.8 Å². The Balaban J connectivity index is 2.32. The van der Waals surface area contributed by atoms with Crippen LogP contribution < -0.4 is 0 Å². The average Bonchev–Trinajstić information content (AvgIpc) is 2.65. The van der Waals surface area contributed by atoms with E-state index < -0.39 is 5.97 Å². The van der Waals surface area contributed by atoms with Gasteiger partial charge in [0.15, 0.2) is 0 Å². The molecular weight excluding hydrogens is 240 g/mol. The molecule has 0 radical (unpaired) electrons. The van der Waals surface area contributed by atoms with Gasteiger partial charge in [0.25, 0.3) is 0 Å². The Labute approximate surface area is 112 Å². The summed E-state index contributed by atoms with van der Waals surface area (Å²) in [4.78, 5) is 10.4. The highest BCUT2D eigenvalue weighted by molar-refractivity contribution is 5.85. The van der Waals surface area contributed by atoms with Crippen LogP contribution in [0.25, 0.3) is 11.8 Å². The number of benzene rings is 1. The third-order valence-electron chi connectivity index (χ3n) is 3.21. The first-order chi connectivity index (χ1) is 8.99. The lowest BCUT2D eigenvalue weighted by Crippen LogP contribution is -1.99. The Bertz CT molecular complexity index is 637. The summed E-state index contributed by atoms with van der Waals surface area (Å²) in [5.41, 5.74) is 5.15. The Morgan fingerprint density at radius 3 is 2.32 bits per heavy atom. The number of aliphatic carboxylic acids is 1. The van der Waals surface area contributed by atoms with Crippen molar-refractivity contribution in [2.24, 2.45) is 0 Å². The molecule has 2 rings (SSSR count). The maximum absolute atomic E-state index is 10.4. The standard InChI is InChI=1S/C15H16N2O2/c1-10-11(2)16-17(12(10)3)14-7-4-13(5-8-14)6-9-15(18)19/h4-9H,1-3H3,(H,18,19)/b9-6+. The van der Waals surface area contributed by atoms with Gasteiger partial charge in [0, 0.05) is 11.8 Å². The zero-order chi connectivity index (χ0) is 14.0. The Hall–Kier alpha value is -2.36. The minimum absolute atomic E-state index is 0.851. The summed E-state index contributed by atoms with van der Waals surface area (Å²) in [6.07, 6.45) is 2.70. The number of nitrogens with zero attached hydrogens (tertiary/aromatic N) is 2. The van der Waals surface area contributed by atoms with E-state index in [4.69, 9.17) is 5.11 Å². The Kier molecular flexibility index (Phi) is 3.51. The first-order valence-corrected chi connectivity index (χ1v) is 6.03. The highest BCUT2D eigenvalue weighted by Crippen LogP contribution is 2.17. The van der Waals surface area contributed by atoms with Crippen molar-refractivity contribution < 1.29 is 9.90 Å². The van der Waals surface area contributed by atoms with E-state index in [2.05, 4.69) is 12.0 Å². The first-order valence-electron chi connectivity index (χ1n) is 6.03. The molecule has 0 unspecified atom stereocenters. The first kappa shape index (κ1) is 13.1. The predicted octanol–water partition coefficient (Wildman–Crippen LogP) is 2.90. The second kappa shape index (κ2) is 5.10. The van der Waals surface area contributed by atoms with E-state index >= 15 is 0 Å². The van der Waals surface area contributed by atoms with E-state index in [1.807, 2.05) is 42.8 Å². The molecule has 1 N–H and O–H groups in total. The molecule has 0 saturated carbocycles. The Morgan fingerprint density at radius 1 is 1.21 bits per heavy atom. The van der Waals surface area contributed by atoms with E-state index in [1.54, 1.807) is 6.08 Å². The van der Waals surface area contributed by atoms with Gasteiger partial charge in [-0.15, -0.1) is 0 Å². The van der Waals surface area contributed by atoms with Crippen LogP contribution in [0.3, 0.4) is 0 Å². The Morgan fingerprint density at radius 2 is 1.84 bits per heavy atom. The minimum atomic E-state index is -0.946. The minimum Gasteiger partial charge on any atom is -0.478 e. The van der Waals surface area contributed by atoms with E-state index in [1.165, 1.54) is 5.56 Å². The normalized spacial score (nSPS) is 11.1. The molecule has 4 nitrogen and oxygen atoms in total. The van der Waals surface area contributed by atoms with E-state index in [0.29, 0.717) is 0 Å². The third-order valence-corrected chi connectivity index (χ3v) is 3.21. The fraction of sp³-hybridized carbons (Fsp3) is 0.200. The predicted molar refractivity (Wildman–Crippen MR) is 74.4 cm³/mol. The third kappa shape index (κ3) is 2.73. The number of hydrogen-bond donors (Lipinski definition) is 1. The van der Waals surface area contributed by atoms with Gasteiger partial charge in [-0.1, -0.05) is 12.1 Å².